The third kappa shape index (κ3) is 3.61. The van der Waals surface area contributed by atoms with E-state index in [0.717, 1.165) is 27.3 Å². The number of benzene rings is 2. The summed E-state index contributed by atoms with van der Waals surface area (Å²) in [6.07, 6.45) is 2.09. The Morgan fingerprint density at radius 3 is 2.38 bits per heavy atom. The summed E-state index contributed by atoms with van der Waals surface area (Å²) in [6.45, 7) is 3.10. The van der Waals surface area contributed by atoms with Gasteiger partial charge in [0.1, 0.15) is 0 Å². The Bertz CT molecular complexity index is 863. The molecule has 2 aromatic carbocycles. The van der Waals surface area contributed by atoms with Crippen LogP contribution >= 0.6 is 0 Å². The third-order valence-corrected chi connectivity index (χ3v) is 7.12. The van der Waals surface area contributed by atoms with Crippen molar-refractivity contribution >= 4 is 20.8 Å². The molecule has 0 amide bonds. The molecule has 0 radical (unpaired) electrons. The Hall–Kier alpha value is -1.50. The predicted molar refractivity (Wildman–Crippen MR) is 96.1 cm³/mol. The Balaban J connectivity index is 1.82. The molecular formula is C18H21NO3S2. The van der Waals surface area contributed by atoms with Crippen LogP contribution in [0.3, 0.4) is 0 Å². The molecule has 0 aliphatic carbocycles. The molecular weight excluding hydrogens is 342 g/mol. The van der Waals surface area contributed by atoms with E-state index in [-0.39, 0.29) is 5.92 Å². The fraction of sp³-hybridized carbons (Fsp3) is 0.333. The van der Waals surface area contributed by atoms with Crippen molar-refractivity contribution in [3.63, 3.8) is 0 Å². The molecule has 1 fully saturated rings. The Labute approximate surface area is 146 Å². The van der Waals surface area contributed by atoms with E-state index in [9.17, 15) is 12.6 Å². The summed E-state index contributed by atoms with van der Waals surface area (Å²) in [5.41, 5.74) is 2.21. The SMILES string of the molecule is Cc1cc(S(=O)c2ccccc2)ccc1[C@@H]1CCN(S(C)(=O)=O)C1. The van der Waals surface area contributed by atoms with Crippen LogP contribution in [0.4, 0.5) is 0 Å². The maximum Gasteiger partial charge on any atom is 0.211 e. The first-order valence-corrected chi connectivity index (χ1v) is 10.9. The Morgan fingerprint density at radius 2 is 1.79 bits per heavy atom. The van der Waals surface area contributed by atoms with Crippen LogP contribution in [0.2, 0.25) is 0 Å². The Kier molecular flexibility index (Phi) is 4.90. The quantitative estimate of drug-likeness (QED) is 0.839. The number of nitrogens with zero attached hydrogens (tertiary/aromatic N) is 1. The van der Waals surface area contributed by atoms with Crippen LogP contribution in [0.1, 0.15) is 23.5 Å². The van der Waals surface area contributed by atoms with Crippen LogP contribution in [-0.4, -0.2) is 36.3 Å². The van der Waals surface area contributed by atoms with Crippen LogP contribution in [0.25, 0.3) is 0 Å². The zero-order valence-corrected chi connectivity index (χ0v) is 15.4. The van der Waals surface area contributed by atoms with Gasteiger partial charge in [0.05, 0.1) is 17.1 Å². The molecule has 1 saturated heterocycles. The monoisotopic (exact) mass is 363 g/mol. The third-order valence-electron chi connectivity index (χ3n) is 4.47. The highest BCUT2D eigenvalue weighted by molar-refractivity contribution is 7.88. The van der Waals surface area contributed by atoms with Gasteiger partial charge in [-0.25, -0.2) is 16.9 Å². The molecule has 0 bridgehead atoms. The Morgan fingerprint density at radius 1 is 1.08 bits per heavy atom. The van der Waals surface area contributed by atoms with Crippen LogP contribution in [0.15, 0.2) is 58.3 Å². The van der Waals surface area contributed by atoms with Gasteiger partial charge in [0, 0.05) is 22.9 Å². The van der Waals surface area contributed by atoms with Gasteiger partial charge in [-0.05, 0) is 54.7 Å². The fourth-order valence-electron chi connectivity index (χ4n) is 3.19. The molecule has 128 valence electrons. The van der Waals surface area contributed by atoms with Gasteiger partial charge in [-0.2, -0.15) is 0 Å². The van der Waals surface area contributed by atoms with Crippen molar-refractivity contribution in [3.05, 3.63) is 59.7 Å². The van der Waals surface area contributed by atoms with Gasteiger partial charge in [0.25, 0.3) is 0 Å². The van der Waals surface area contributed by atoms with Gasteiger partial charge in [-0.15, -0.1) is 0 Å². The summed E-state index contributed by atoms with van der Waals surface area (Å²) < 4.78 is 37.5. The topological polar surface area (TPSA) is 54.5 Å². The van der Waals surface area contributed by atoms with Gasteiger partial charge in [-0.1, -0.05) is 24.3 Å². The summed E-state index contributed by atoms with van der Waals surface area (Å²) in [6, 6.07) is 15.3. The van der Waals surface area contributed by atoms with Crippen LogP contribution in [0, 0.1) is 6.92 Å². The minimum atomic E-state index is -3.13. The second-order valence-corrected chi connectivity index (χ2v) is 9.67. The summed E-state index contributed by atoms with van der Waals surface area (Å²) in [5, 5.41) is 0. The van der Waals surface area contributed by atoms with Gasteiger partial charge < -0.3 is 0 Å². The van der Waals surface area contributed by atoms with Gasteiger partial charge in [-0.3, -0.25) is 0 Å². The predicted octanol–water partition coefficient (Wildman–Crippen LogP) is 2.91. The van der Waals surface area contributed by atoms with Crippen molar-refractivity contribution in [3.8, 4) is 0 Å². The molecule has 6 heteroatoms. The average molecular weight is 364 g/mol. The van der Waals surface area contributed by atoms with E-state index in [1.165, 1.54) is 10.6 Å². The molecule has 1 aliphatic rings. The second kappa shape index (κ2) is 6.78. The van der Waals surface area contributed by atoms with Gasteiger partial charge in [0.2, 0.25) is 10.0 Å². The van der Waals surface area contributed by atoms with Crippen LogP contribution in [0.5, 0.6) is 0 Å². The molecule has 0 N–H and O–H groups in total. The molecule has 0 saturated carbocycles. The number of hydrogen-bond acceptors (Lipinski definition) is 3. The van der Waals surface area contributed by atoms with E-state index in [0.29, 0.717) is 13.1 Å². The lowest BCUT2D eigenvalue weighted by Crippen LogP contribution is -2.27. The molecule has 0 spiro atoms. The molecule has 3 rings (SSSR count). The number of aryl methyl sites for hydroxylation is 1. The van der Waals surface area contributed by atoms with Gasteiger partial charge >= 0.3 is 0 Å². The highest BCUT2D eigenvalue weighted by Gasteiger charge is 2.30. The van der Waals surface area contributed by atoms with Crippen molar-refractivity contribution < 1.29 is 12.6 Å². The zero-order valence-electron chi connectivity index (χ0n) is 13.8. The molecule has 4 nitrogen and oxygen atoms in total. The lowest BCUT2D eigenvalue weighted by Gasteiger charge is -2.16. The van der Waals surface area contributed by atoms with Crippen molar-refractivity contribution in [2.75, 3.05) is 19.3 Å². The first kappa shape index (κ1) is 17.3. The molecule has 2 atom stereocenters. The summed E-state index contributed by atoms with van der Waals surface area (Å²) in [4.78, 5) is 1.56. The van der Waals surface area contributed by atoms with Crippen LogP contribution < -0.4 is 0 Å². The first-order chi connectivity index (χ1) is 11.4. The smallest absolute Gasteiger partial charge is 0.211 e. The molecule has 24 heavy (non-hydrogen) atoms. The molecule has 0 aromatic heterocycles. The fourth-order valence-corrected chi connectivity index (χ4v) is 5.22. The van der Waals surface area contributed by atoms with Crippen LogP contribution in [-0.2, 0) is 20.8 Å². The number of sulfonamides is 1. The van der Waals surface area contributed by atoms with E-state index >= 15 is 0 Å². The van der Waals surface area contributed by atoms with Crippen molar-refractivity contribution in [2.45, 2.75) is 29.1 Å². The first-order valence-electron chi connectivity index (χ1n) is 7.89. The summed E-state index contributed by atoms with van der Waals surface area (Å²) >= 11 is 0. The van der Waals surface area contributed by atoms with E-state index in [2.05, 4.69) is 0 Å². The number of rotatable bonds is 4. The van der Waals surface area contributed by atoms with E-state index in [1.807, 2.05) is 55.5 Å². The standard InChI is InChI=1S/C18H21NO3S2/c1-14-12-17(23(20)16-6-4-3-5-7-16)8-9-18(14)15-10-11-19(13-15)24(2,21)22/h3-9,12,15H,10-11,13H2,1-2H3/t15-,23?/m1/s1. The minimum absolute atomic E-state index is 0.207. The largest absolute Gasteiger partial charge is 0.249 e. The van der Waals surface area contributed by atoms with E-state index in [4.69, 9.17) is 0 Å². The lowest BCUT2D eigenvalue weighted by molar-refractivity contribution is 0.478. The average Bonchev–Trinajstić information content (AvgIpc) is 3.05. The minimum Gasteiger partial charge on any atom is -0.249 e. The highest BCUT2D eigenvalue weighted by Crippen LogP contribution is 2.32. The zero-order chi connectivity index (χ0) is 17.3. The highest BCUT2D eigenvalue weighted by atomic mass is 32.2. The number of hydrogen-bond donors (Lipinski definition) is 0. The molecule has 1 aliphatic heterocycles. The second-order valence-electron chi connectivity index (χ2n) is 6.21. The van der Waals surface area contributed by atoms with Crippen molar-refractivity contribution in [2.24, 2.45) is 0 Å². The maximum absolute atomic E-state index is 12.6. The maximum atomic E-state index is 12.6. The van der Waals surface area contributed by atoms with E-state index < -0.39 is 20.8 Å². The summed E-state index contributed by atoms with van der Waals surface area (Å²) in [5.74, 6) is 0.207. The molecule has 1 heterocycles. The lowest BCUT2D eigenvalue weighted by atomic mass is 9.94. The van der Waals surface area contributed by atoms with E-state index in [1.54, 1.807) is 0 Å². The molecule has 1 unspecified atom stereocenters. The van der Waals surface area contributed by atoms with Crippen molar-refractivity contribution in [1.29, 1.82) is 0 Å². The van der Waals surface area contributed by atoms with Crippen molar-refractivity contribution in [1.82, 2.24) is 4.31 Å². The van der Waals surface area contributed by atoms with Gasteiger partial charge in [0.15, 0.2) is 0 Å². The normalized spacial score (nSPS) is 20.2. The molecule has 2 aromatic rings. The summed E-state index contributed by atoms with van der Waals surface area (Å²) in [7, 11) is -4.32.